The maximum absolute atomic E-state index is 6.03. The lowest BCUT2D eigenvalue weighted by molar-refractivity contribution is 0.286. The maximum atomic E-state index is 6.03. The van der Waals surface area contributed by atoms with Crippen LogP contribution in [0.3, 0.4) is 0 Å². The molecule has 26 heavy (non-hydrogen) atoms. The smallest absolute Gasteiger partial charge is 0.216 e. The van der Waals surface area contributed by atoms with Gasteiger partial charge in [0.15, 0.2) is 5.82 Å². The summed E-state index contributed by atoms with van der Waals surface area (Å²) >= 11 is 5.26. The van der Waals surface area contributed by atoms with Crippen LogP contribution in [0.2, 0.25) is 0 Å². The number of aryl methyl sites for hydroxylation is 1. The van der Waals surface area contributed by atoms with Gasteiger partial charge in [0.25, 0.3) is 0 Å². The normalized spacial score (nSPS) is 11.4. The molecule has 2 aromatic heterocycles. The highest BCUT2D eigenvalue weighted by molar-refractivity contribution is 7.71. The lowest BCUT2D eigenvalue weighted by Gasteiger charge is -2.14. The third kappa shape index (κ3) is 4.23. The first-order valence-electron chi connectivity index (χ1n) is 8.39. The number of hydrogen-bond acceptors (Lipinski definition) is 5. The van der Waals surface area contributed by atoms with Gasteiger partial charge in [0.1, 0.15) is 12.4 Å². The van der Waals surface area contributed by atoms with Gasteiger partial charge in [0, 0.05) is 6.20 Å². The summed E-state index contributed by atoms with van der Waals surface area (Å²) in [5, 5.41) is 11.4. The van der Waals surface area contributed by atoms with Crippen molar-refractivity contribution in [3.63, 3.8) is 0 Å². The third-order valence-corrected chi connectivity index (χ3v) is 4.12. The minimum absolute atomic E-state index is 0.260. The fourth-order valence-corrected chi connectivity index (χ4v) is 2.69. The SMILES string of the molecule is Cc1ccc(C(C)C)c(OCc2n[nH]c(=S)n2/N=C\c2ccccn2)c1. The zero-order valence-corrected chi connectivity index (χ0v) is 15.8. The summed E-state index contributed by atoms with van der Waals surface area (Å²) in [6.45, 7) is 6.59. The number of nitrogens with one attached hydrogen (secondary N) is 1. The topological polar surface area (TPSA) is 68.1 Å². The van der Waals surface area contributed by atoms with Crippen LogP contribution in [-0.2, 0) is 6.61 Å². The van der Waals surface area contributed by atoms with Gasteiger partial charge in [-0.1, -0.05) is 32.0 Å². The first-order valence-corrected chi connectivity index (χ1v) is 8.80. The molecule has 0 aliphatic carbocycles. The molecule has 2 heterocycles. The highest BCUT2D eigenvalue weighted by Gasteiger charge is 2.11. The van der Waals surface area contributed by atoms with Gasteiger partial charge in [-0.3, -0.25) is 4.98 Å². The predicted octanol–water partition coefficient (Wildman–Crippen LogP) is 4.23. The number of aromatic amines is 1. The Hall–Kier alpha value is -2.80. The van der Waals surface area contributed by atoms with E-state index in [2.05, 4.69) is 46.3 Å². The van der Waals surface area contributed by atoms with Crippen LogP contribution in [0.1, 0.15) is 42.4 Å². The molecule has 0 atom stereocenters. The van der Waals surface area contributed by atoms with E-state index >= 15 is 0 Å². The van der Waals surface area contributed by atoms with Gasteiger partial charge < -0.3 is 4.74 Å². The predicted molar refractivity (Wildman–Crippen MR) is 104 cm³/mol. The average Bonchev–Trinajstić information content (AvgIpc) is 2.98. The summed E-state index contributed by atoms with van der Waals surface area (Å²) in [5.74, 6) is 1.82. The fourth-order valence-electron chi connectivity index (χ4n) is 2.49. The van der Waals surface area contributed by atoms with Crippen LogP contribution in [0.25, 0.3) is 0 Å². The Bertz CT molecular complexity index is 960. The quantitative estimate of drug-likeness (QED) is 0.523. The number of nitrogens with zero attached hydrogens (tertiary/aromatic N) is 4. The van der Waals surface area contributed by atoms with Crippen molar-refractivity contribution in [2.45, 2.75) is 33.3 Å². The van der Waals surface area contributed by atoms with E-state index < -0.39 is 0 Å². The molecule has 0 aliphatic rings. The van der Waals surface area contributed by atoms with E-state index in [4.69, 9.17) is 17.0 Å². The van der Waals surface area contributed by atoms with Gasteiger partial charge in [0.2, 0.25) is 4.77 Å². The van der Waals surface area contributed by atoms with Crippen molar-refractivity contribution < 1.29 is 4.74 Å². The van der Waals surface area contributed by atoms with Crippen molar-refractivity contribution in [1.29, 1.82) is 0 Å². The van der Waals surface area contributed by atoms with Crippen molar-refractivity contribution in [2.75, 3.05) is 0 Å². The van der Waals surface area contributed by atoms with E-state index in [0.717, 1.165) is 22.6 Å². The van der Waals surface area contributed by atoms with Gasteiger partial charge in [-0.25, -0.2) is 5.10 Å². The molecular weight excluding hydrogens is 346 g/mol. The Morgan fingerprint density at radius 2 is 2.15 bits per heavy atom. The van der Waals surface area contributed by atoms with Crippen LogP contribution >= 0.6 is 12.2 Å². The Kier molecular flexibility index (Phi) is 5.58. The Labute approximate surface area is 157 Å². The molecular formula is C19H21N5OS. The van der Waals surface area contributed by atoms with Crippen molar-refractivity contribution >= 4 is 18.4 Å². The van der Waals surface area contributed by atoms with E-state index in [-0.39, 0.29) is 6.61 Å². The molecule has 3 rings (SSSR count). The summed E-state index contributed by atoms with van der Waals surface area (Å²) in [7, 11) is 0. The Morgan fingerprint density at radius 3 is 2.88 bits per heavy atom. The molecule has 7 heteroatoms. The molecule has 0 amide bonds. The molecule has 3 aromatic rings. The second-order valence-corrected chi connectivity index (χ2v) is 6.63. The summed E-state index contributed by atoms with van der Waals surface area (Å²) in [4.78, 5) is 4.21. The lowest BCUT2D eigenvalue weighted by Crippen LogP contribution is -2.06. The largest absolute Gasteiger partial charge is 0.485 e. The third-order valence-electron chi connectivity index (χ3n) is 3.86. The highest BCUT2D eigenvalue weighted by atomic mass is 32.1. The van der Waals surface area contributed by atoms with Gasteiger partial charge in [-0.2, -0.15) is 14.9 Å². The van der Waals surface area contributed by atoms with Crippen LogP contribution in [0, 0.1) is 11.7 Å². The van der Waals surface area contributed by atoms with Crippen molar-refractivity contribution in [1.82, 2.24) is 19.9 Å². The van der Waals surface area contributed by atoms with Crippen LogP contribution in [-0.4, -0.2) is 26.1 Å². The lowest BCUT2D eigenvalue weighted by atomic mass is 10.0. The second-order valence-electron chi connectivity index (χ2n) is 6.24. The van der Waals surface area contributed by atoms with E-state index in [1.165, 1.54) is 0 Å². The van der Waals surface area contributed by atoms with Gasteiger partial charge >= 0.3 is 0 Å². The van der Waals surface area contributed by atoms with E-state index in [1.54, 1.807) is 17.1 Å². The Morgan fingerprint density at radius 1 is 1.31 bits per heavy atom. The van der Waals surface area contributed by atoms with Crippen molar-refractivity contribution in [3.8, 4) is 5.75 Å². The molecule has 0 saturated heterocycles. The number of ether oxygens (including phenoxy) is 1. The molecule has 6 nitrogen and oxygen atoms in total. The first-order chi connectivity index (χ1) is 12.5. The first kappa shape index (κ1) is 18.0. The molecule has 0 radical (unpaired) electrons. The monoisotopic (exact) mass is 367 g/mol. The molecule has 1 N–H and O–H groups in total. The zero-order chi connectivity index (χ0) is 18.5. The molecule has 1 aromatic carbocycles. The summed E-state index contributed by atoms with van der Waals surface area (Å²) < 4.78 is 7.99. The average molecular weight is 367 g/mol. The number of pyridine rings is 1. The molecule has 134 valence electrons. The number of rotatable bonds is 6. The van der Waals surface area contributed by atoms with E-state index in [9.17, 15) is 0 Å². The van der Waals surface area contributed by atoms with Crippen LogP contribution in [0.5, 0.6) is 5.75 Å². The molecule has 0 aliphatic heterocycles. The van der Waals surface area contributed by atoms with Crippen molar-refractivity contribution in [3.05, 3.63) is 70.0 Å². The fraction of sp³-hybridized carbons (Fsp3) is 0.263. The number of hydrogen-bond donors (Lipinski definition) is 1. The van der Waals surface area contributed by atoms with Gasteiger partial charge in [0.05, 0.1) is 11.9 Å². The molecule has 0 bridgehead atoms. The van der Waals surface area contributed by atoms with Gasteiger partial charge in [-0.15, -0.1) is 0 Å². The summed E-state index contributed by atoms with van der Waals surface area (Å²) in [5.41, 5.74) is 3.05. The van der Waals surface area contributed by atoms with Gasteiger partial charge in [-0.05, 0) is 54.4 Å². The molecule has 0 spiro atoms. The number of aromatic nitrogens is 4. The van der Waals surface area contributed by atoms with Crippen LogP contribution < -0.4 is 4.74 Å². The Balaban J connectivity index is 1.81. The summed E-state index contributed by atoms with van der Waals surface area (Å²) in [6.07, 6.45) is 3.35. The minimum atomic E-state index is 0.260. The highest BCUT2D eigenvalue weighted by Crippen LogP contribution is 2.28. The van der Waals surface area contributed by atoms with Crippen LogP contribution in [0.15, 0.2) is 47.7 Å². The summed E-state index contributed by atoms with van der Waals surface area (Å²) in [6, 6.07) is 11.9. The van der Waals surface area contributed by atoms with Crippen LogP contribution in [0.4, 0.5) is 0 Å². The number of H-pyrrole nitrogens is 1. The minimum Gasteiger partial charge on any atom is -0.485 e. The molecule has 0 saturated carbocycles. The molecule has 0 unspecified atom stereocenters. The second kappa shape index (κ2) is 8.05. The standard InChI is InChI=1S/C19H21N5OS/c1-13(2)16-8-7-14(3)10-17(16)25-12-18-22-23-19(26)24(18)21-11-15-6-4-5-9-20-15/h4-11,13H,12H2,1-3H3,(H,23,26)/b21-11-. The van der Waals surface area contributed by atoms with Crippen molar-refractivity contribution in [2.24, 2.45) is 5.10 Å². The zero-order valence-electron chi connectivity index (χ0n) is 15.0. The number of benzene rings is 1. The maximum Gasteiger partial charge on any atom is 0.216 e. The van der Waals surface area contributed by atoms with E-state index in [1.807, 2.05) is 31.2 Å². The van der Waals surface area contributed by atoms with E-state index in [0.29, 0.717) is 16.5 Å². The molecule has 0 fully saturated rings.